The Balaban J connectivity index is 1.25. The van der Waals surface area contributed by atoms with Gasteiger partial charge in [0.25, 0.3) is 0 Å². The van der Waals surface area contributed by atoms with Crippen molar-refractivity contribution >= 4 is 23.4 Å². The minimum atomic E-state index is -1.13. The first-order valence-electron chi connectivity index (χ1n) is 16.8. The van der Waals surface area contributed by atoms with Crippen LogP contribution in [0.15, 0.2) is 36.4 Å². The Hall–Kier alpha value is -2.71. The van der Waals surface area contributed by atoms with E-state index in [1.807, 2.05) is 36.4 Å². The minimum Gasteiger partial charge on any atom is -0.359 e. The fraction of sp³-hybridized carbons (Fsp3) is 0.686. The van der Waals surface area contributed by atoms with Crippen LogP contribution in [0.1, 0.15) is 84.1 Å². The SMILES string of the molecule is CC(C)c1ccc(NC(=O)[C@H]2[C@H]3C=C[C@@]4(O3)[C@H]2C(=O)N(CCN2CCCCCC2)[C@@H]4C(=O)N[C@@H]2CCC[C@@H](C)[C@H]2C)cc1. The number of ether oxygens (including phenoxy) is 1. The molecule has 1 aliphatic carbocycles. The summed E-state index contributed by atoms with van der Waals surface area (Å²) in [7, 11) is 0. The highest BCUT2D eigenvalue weighted by Gasteiger charge is 2.72. The lowest BCUT2D eigenvalue weighted by atomic mass is 9.73. The molecule has 1 saturated carbocycles. The Morgan fingerprint density at radius 2 is 1.70 bits per heavy atom. The summed E-state index contributed by atoms with van der Waals surface area (Å²) < 4.78 is 6.58. The first-order valence-corrected chi connectivity index (χ1v) is 16.8. The quantitative estimate of drug-likeness (QED) is 0.428. The zero-order valence-electron chi connectivity index (χ0n) is 26.4. The Bertz CT molecular complexity index is 1220. The van der Waals surface area contributed by atoms with Crippen molar-refractivity contribution in [2.45, 2.75) is 102 Å². The first kappa shape index (κ1) is 30.3. The van der Waals surface area contributed by atoms with Gasteiger partial charge in [-0.3, -0.25) is 14.4 Å². The molecule has 2 bridgehead atoms. The smallest absolute Gasteiger partial charge is 0.246 e. The highest BCUT2D eigenvalue weighted by atomic mass is 16.5. The van der Waals surface area contributed by atoms with Gasteiger partial charge in [-0.1, -0.05) is 77.7 Å². The van der Waals surface area contributed by atoms with Crippen LogP contribution < -0.4 is 10.6 Å². The molecule has 0 unspecified atom stereocenters. The summed E-state index contributed by atoms with van der Waals surface area (Å²) in [5.74, 6) is -0.617. The molecule has 5 aliphatic rings. The molecular formula is C35H50N4O4. The van der Waals surface area contributed by atoms with E-state index in [-0.39, 0.29) is 23.8 Å². The molecule has 0 radical (unpaired) electrons. The van der Waals surface area contributed by atoms with Crippen molar-refractivity contribution in [2.75, 3.05) is 31.5 Å². The van der Waals surface area contributed by atoms with Gasteiger partial charge >= 0.3 is 0 Å². The minimum absolute atomic E-state index is 0.0738. The van der Waals surface area contributed by atoms with Crippen LogP contribution in [-0.2, 0) is 19.1 Å². The summed E-state index contributed by atoms with van der Waals surface area (Å²) in [5, 5.41) is 6.43. The molecule has 43 heavy (non-hydrogen) atoms. The average molecular weight is 591 g/mol. The van der Waals surface area contributed by atoms with Crippen molar-refractivity contribution in [1.29, 1.82) is 0 Å². The van der Waals surface area contributed by atoms with E-state index >= 15 is 0 Å². The highest BCUT2D eigenvalue weighted by molar-refractivity contribution is 6.02. The molecular weight excluding hydrogens is 540 g/mol. The highest BCUT2D eigenvalue weighted by Crippen LogP contribution is 2.55. The fourth-order valence-electron chi connectivity index (χ4n) is 8.34. The summed E-state index contributed by atoms with van der Waals surface area (Å²) in [6.07, 6.45) is 11.3. The summed E-state index contributed by atoms with van der Waals surface area (Å²) in [6.45, 7) is 12.0. The molecule has 0 aromatic heterocycles. The van der Waals surface area contributed by atoms with E-state index in [1.54, 1.807) is 4.90 Å². The molecule has 8 nitrogen and oxygen atoms in total. The van der Waals surface area contributed by atoms with Gasteiger partial charge in [0, 0.05) is 24.8 Å². The summed E-state index contributed by atoms with van der Waals surface area (Å²) >= 11 is 0. The molecule has 1 spiro atoms. The van der Waals surface area contributed by atoms with Crippen LogP contribution >= 0.6 is 0 Å². The third-order valence-electron chi connectivity index (χ3n) is 11.2. The number of amides is 3. The average Bonchev–Trinajstić information content (AvgIpc) is 3.53. The largest absolute Gasteiger partial charge is 0.359 e. The van der Waals surface area contributed by atoms with Crippen LogP contribution in [-0.4, -0.2) is 77.5 Å². The number of carbonyl (C=O) groups is 3. The summed E-state index contributed by atoms with van der Waals surface area (Å²) in [4.78, 5) is 46.6. The molecule has 1 aromatic carbocycles. The van der Waals surface area contributed by atoms with Gasteiger partial charge in [-0.15, -0.1) is 0 Å². The lowest BCUT2D eigenvalue weighted by molar-refractivity contribution is -0.141. The molecule has 8 heteroatoms. The van der Waals surface area contributed by atoms with E-state index in [0.29, 0.717) is 30.0 Å². The number of hydrogen-bond acceptors (Lipinski definition) is 5. The van der Waals surface area contributed by atoms with E-state index in [2.05, 4.69) is 43.2 Å². The lowest BCUT2D eigenvalue weighted by Crippen LogP contribution is -2.58. The Labute approximate surface area is 257 Å². The zero-order chi connectivity index (χ0) is 30.3. The summed E-state index contributed by atoms with van der Waals surface area (Å²) in [6, 6.07) is 7.17. The van der Waals surface area contributed by atoms with E-state index in [9.17, 15) is 14.4 Å². The number of likely N-dealkylation sites (tertiary alicyclic amines) is 2. The first-order chi connectivity index (χ1) is 20.7. The van der Waals surface area contributed by atoms with Crippen LogP contribution in [0.2, 0.25) is 0 Å². The number of nitrogens with zero attached hydrogens (tertiary/aromatic N) is 2. The van der Waals surface area contributed by atoms with E-state index in [0.717, 1.165) is 45.3 Å². The number of fused-ring (bicyclic) bond motifs is 1. The number of anilines is 1. The van der Waals surface area contributed by atoms with Crippen LogP contribution in [0.3, 0.4) is 0 Å². The second kappa shape index (κ2) is 12.4. The van der Waals surface area contributed by atoms with Crippen molar-refractivity contribution in [3.63, 3.8) is 0 Å². The molecule has 4 heterocycles. The van der Waals surface area contributed by atoms with Crippen LogP contribution in [0.25, 0.3) is 0 Å². The maximum Gasteiger partial charge on any atom is 0.246 e. The monoisotopic (exact) mass is 590 g/mol. The van der Waals surface area contributed by atoms with Crippen LogP contribution in [0.5, 0.6) is 0 Å². The van der Waals surface area contributed by atoms with Crippen molar-refractivity contribution < 1.29 is 19.1 Å². The number of rotatable bonds is 8. The van der Waals surface area contributed by atoms with Crippen LogP contribution in [0.4, 0.5) is 5.69 Å². The predicted octanol–water partition coefficient (Wildman–Crippen LogP) is 4.72. The van der Waals surface area contributed by atoms with Crippen molar-refractivity contribution in [1.82, 2.24) is 15.1 Å². The van der Waals surface area contributed by atoms with Gasteiger partial charge in [0.1, 0.15) is 11.6 Å². The van der Waals surface area contributed by atoms with Gasteiger partial charge in [-0.25, -0.2) is 0 Å². The maximum absolute atomic E-state index is 14.4. The molecule has 4 aliphatic heterocycles. The van der Waals surface area contributed by atoms with E-state index in [4.69, 9.17) is 4.74 Å². The van der Waals surface area contributed by atoms with Gasteiger partial charge in [-0.2, -0.15) is 0 Å². The van der Waals surface area contributed by atoms with Gasteiger partial charge in [0.05, 0.1) is 17.9 Å². The van der Waals surface area contributed by atoms with Crippen LogP contribution in [0, 0.1) is 23.7 Å². The Kier molecular flexibility index (Phi) is 8.71. The van der Waals surface area contributed by atoms with Crippen molar-refractivity contribution in [3.05, 3.63) is 42.0 Å². The second-order valence-electron chi connectivity index (χ2n) is 14.1. The summed E-state index contributed by atoms with van der Waals surface area (Å²) in [5.41, 5.74) is 0.774. The Morgan fingerprint density at radius 3 is 2.40 bits per heavy atom. The zero-order valence-corrected chi connectivity index (χ0v) is 26.4. The van der Waals surface area contributed by atoms with E-state index in [1.165, 1.54) is 24.8 Å². The maximum atomic E-state index is 14.4. The number of benzene rings is 1. The Morgan fingerprint density at radius 1 is 0.977 bits per heavy atom. The van der Waals surface area contributed by atoms with Gasteiger partial charge in [0.2, 0.25) is 17.7 Å². The number of hydrogen-bond donors (Lipinski definition) is 2. The normalized spacial score (nSPS) is 35.7. The third kappa shape index (κ3) is 5.66. The predicted molar refractivity (Wildman–Crippen MR) is 167 cm³/mol. The second-order valence-corrected chi connectivity index (χ2v) is 14.1. The third-order valence-corrected chi connectivity index (χ3v) is 11.2. The molecule has 234 valence electrons. The standard InChI is InChI=1S/C35H50N4O4/c1-22(2)25-12-14-26(15-13-25)36-32(40)29-28-16-17-35(43-28)30(29)34(42)39(21-20-38-18-7-5-6-8-19-38)31(35)33(41)37-27-11-9-10-23(3)24(27)4/h12-17,22-24,27-31H,5-11,18-21H2,1-4H3,(H,36,40)(H,37,41)/t23-,24-,27-,28-,29+,30-,31-,35-/m1/s1. The van der Waals surface area contributed by atoms with Crippen molar-refractivity contribution in [3.8, 4) is 0 Å². The number of nitrogens with one attached hydrogen (secondary N) is 2. The van der Waals surface area contributed by atoms with E-state index < -0.39 is 29.6 Å². The molecule has 3 amide bonds. The lowest BCUT2D eigenvalue weighted by Gasteiger charge is -2.38. The van der Waals surface area contributed by atoms with Gasteiger partial charge in [0.15, 0.2) is 0 Å². The molecule has 1 aromatic rings. The molecule has 8 atom stereocenters. The van der Waals surface area contributed by atoms with Crippen molar-refractivity contribution in [2.24, 2.45) is 23.7 Å². The molecule has 2 N–H and O–H groups in total. The molecule has 3 saturated heterocycles. The van der Waals surface area contributed by atoms with Gasteiger partial charge < -0.3 is 25.2 Å². The fourth-order valence-corrected chi connectivity index (χ4v) is 8.34. The topological polar surface area (TPSA) is 91.0 Å². The molecule has 4 fully saturated rings. The van der Waals surface area contributed by atoms with Gasteiger partial charge in [-0.05, 0) is 67.8 Å². The molecule has 6 rings (SSSR count). The number of carbonyl (C=O) groups excluding carboxylic acids is 3.